The summed E-state index contributed by atoms with van der Waals surface area (Å²) in [5.74, 6) is -2.32. The van der Waals surface area contributed by atoms with E-state index in [0.717, 1.165) is 0 Å². The van der Waals surface area contributed by atoms with E-state index in [1.165, 1.54) is 0 Å². The van der Waals surface area contributed by atoms with Crippen molar-refractivity contribution in [1.29, 1.82) is 0 Å². The molecule has 0 aliphatic heterocycles. The maximum Gasteiger partial charge on any atom is 0.217 e. The molecule has 4 aromatic carbocycles. The van der Waals surface area contributed by atoms with Gasteiger partial charge < -0.3 is 19.2 Å². The van der Waals surface area contributed by atoms with Gasteiger partial charge in [-0.2, -0.15) is 20.5 Å². The van der Waals surface area contributed by atoms with Gasteiger partial charge in [-0.3, -0.25) is 19.6 Å². The van der Waals surface area contributed by atoms with Crippen LogP contribution in [-0.2, 0) is 9.59 Å². The number of aliphatic imine (C=N–C) groups is 2. The highest BCUT2D eigenvalue weighted by atomic mass is 35.5. The molecule has 0 aromatic heterocycles. The van der Waals surface area contributed by atoms with E-state index in [1.54, 1.807) is 97.1 Å². The van der Waals surface area contributed by atoms with E-state index in [4.69, 9.17) is 23.2 Å². The standard InChI is InChI=1S/C38H40Cl2N8O4.2ClH/c1-47(2,3)23-33(49)35(37(51)41-27-13-9-7-10-14-27)45-43-31-19-17-25(21-29(31)39)26-18-20-32(30(40)22-26)44-46-36(34(50)24-48(4,5)6)38(52)42-28-15-11-8-12-16-28;;/h7-22,35-36H,23-24H2,1-6H3;2*1H. The van der Waals surface area contributed by atoms with Crippen molar-refractivity contribution in [2.75, 3.05) is 55.4 Å². The largest absolute Gasteiger partial charge is 0.860 e. The normalized spacial score (nSPS) is 13.6. The molecule has 0 bridgehead atoms. The van der Waals surface area contributed by atoms with Crippen LogP contribution in [0.2, 0.25) is 10.0 Å². The van der Waals surface area contributed by atoms with E-state index in [1.807, 2.05) is 42.3 Å². The number of nitrogens with zero attached hydrogens (tertiary/aromatic N) is 8. The van der Waals surface area contributed by atoms with Gasteiger partial charge in [0.2, 0.25) is 11.6 Å². The SMILES string of the molecule is C[N+](C)(C)CC(=O)C(N=Nc1ccc(-c2ccc(N=NC(C(=O)C[N+](C)(C)C)C([O-])=Nc3ccccc3)c(Cl)c2)cc1Cl)C([O-])=Nc1ccccc1.Cl.Cl. The zero-order valence-electron chi connectivity index (χ0n) is 30.6. The Morgan fingerprint density at radius 3 is 1.20 bits per heavy atom. The summed E-state index contributed by atoms with van der Waals surface area (Å²) >= 11 is 13.2. The fraction of sp³-hybridized carbons (Fsp3) is 0.263. The number of para-hydroxylation sites is 2. The summed E-state index contributed by atoms with van der Waals surface area (Å²) in [4.78, 5) is 34.4. The first-order valence-corrected chi connectivity index (χ1v) is 16.9. The highest BCUT2D eigenvalue weighted by molar-refractivity contribution is 6.34. The molecule has 4 rings (SSSR count). The quantitative estimate of drug-likeness (QED) is 0.0542. The molecule has 0 aliphatic carbocycles. The van der Waals surface area contributed by atoms with Crippen LogP contribution in [-0.4, -0.2) is 99.8 Å². The van der Waals surface area contributed by atoms with E-state index in [0.29, 0.717) is 31.5 Å². The number of hydrogen-bond acceptors (Lipinski definition) is 10. The van der Waals surface area contributed by atoms with Gasteiger partial charge in [0.25, 0.3) is 0 Å². The summed E-state index contributed by atoms with van der Waals surface area (Å²) in [6, 6.07) is 24.2. The first-order chi connectivity index (χ1) is 24.5. The number of azo groups is 2. The Kier molecular flexibility index (Phi) is 17.1. The summed E-state index contributed by atoms with van der Waals surface area (Å²) in [5.41, 5.74) is 2.64. The van der Waals surface area contributed by atoms with E-state index in [9.17, 15) is 19.8 Å². The lowest BCUT2D eigenvalue weighted by Gasteiger charge is -2.25. The minimum Gasteiger partial charge on any atom is -0.860 e. The molecule has 0 saturated carbocycles. The van der Waals surface area contributed by atoms with E-state index >= 15 is 0 Å². The molecule has 54 heavy (non-hydrogen) atoms. The highest BCUT2D eigenvalue weighted by Crippen LogP contribution is 2.35. The number of rotatable bonds is 15. The topological polar surface area (TPSA) is 154 Å². The van der Waals surface area contributed by atoms with Crippen LogP contribution in [0.3, 0.4) is 0 Å². The van der Waals surface area contributed by atoms with Crippen LogP contribution >= 0.6 is 48.0 Å². The summed E-state index contributed by atoms with van der Waals surface area (Å²) in [7, 11) is 11.0. The van der Waals surface area contributed by atoms with Crippen LogP contribution in [0, 0.1) is 0 Å². The fourth-order valence-electron chi connectivity index (χ4n) is 4.77. The van der Waals surface area contributed by atoms with Gasteiger partial charge in [0, 0.05) is 0 Å². The highest BCUT2D eigenvalue weighted by Gasteiger charge is 2.26. The van der Waals surface area contributed by atoms with Crippen molar-refractivity contribution in [3.8, 4) is 11.1 Å². The monoisotopic (exact) mass is 814 g/mol. The second-order valence-corrected chi connectivity index (χ2v) is 14.8. The van der Waals surface area contributed by atoms with Crippen molar-refractivity contribution in [3.05, 3.63) is 107 Å². The number of quaternary nitrogens is 2. The third-order valence-corrected chi connectivity index (χ3v) is 7.73. The van der Waals surface area contributed by atoms with Gasteiger partial charge in [-0.1, -0.05) is 71.7 Å². The zero-order chi connectivity index (χ0) is 38.1. The van der Waals surface area contributed by atoms with Gasteiger partial charge in [-0.25, -0.2) is 0 Å². The predicted molar refractivity (Wildman–Crippen MR) is 216 cm³/mol. The minimum absolute atomic E-state index is 0. The van der Waals surface area contributed by atoms with Crippen LogP contribution in [0.4, 0.5) is 22.7 Å². The lowest BCUT2D eigenvalue weighted by atomic mass is 10.0. The third-order valence-electron chi connectivity index (χ3n) is 7.12. The van der Waals surface area contributed by atoms with Crippen molar-refractivity contribution in [3.63, 3.8) is 0 Å². The summed E-state index contributed by atoms with van der Waals surface area (Å²) < 4.78 is 0.582. The molecule has 0 aliphatic rings. The molecule has 16 heteroatoms. The Labute approximate surface area is 337 Å². The van der Waals surface area contributed by atoms with Gasteiger partial charge in [0.1, 0.15) is 24.5 Å². The van der Waals surface area contributed by atoms with Crippen molar-refractivity contribution >= 4 is 94.1 Å². The van der Waals surface area contributed by atoms with Crippen LogP contribution in [0.25, 0.3) is 11.1 Å². The van der Waals surface area contributed by atoms with Crippen LogP contribution in [0.15, 0.2) is 128 Å². The molecule has 286 valence electrons. The summed E-state index contributed by atoms with van der Waals surface area (Å²) in [6.07, 6.45) is 0. The van der Waals surface area contributed by atoms with Gasteiger partial charge >= 0.3 is 0 Å². The molecule has 0 heterocycles. The van der Waals surface area contributed by atoms with E-state index in [2.05, 4.69) is 30.4 Å². The average Bonchev–Trinajstić information content (AvgIpc) is 3.05. The molecule has 4 aromatic rings. The Morgan fingerprint density at radius 2 is 0.907 bits per heavy atom. The molecule has 0 N–H and O–H groups in total. The average molecular weight is 817 g/mol. The first kappa shape index (κ1) is 45.6. The molecule has 0 radical (unpaired) electrons. The molecule has 0 saturated heterocycles. The molecule has 0 amide bonds. The van der Waals surface area contributed by atoms with Gasteiger partial charge in [0.05, 0.1) is 63.7 Å². The number of hydrogen-bond donors (Lipinski definition) is 0. The van der Waals surface area contributed by atoms with Crippen molar-refractivity contribution in [2.45, 2.75) is 12.1 Å². The first-order valence-electron chi connectivity index (χ1n) is 16.2. The molecule has 2 unspecified atom stereocenters. The maximum absolute atomic E-state index is 13.1. The second kappa shape index (κ2) is 20.2. The number of ketones is 2. The maximum atomic E-state index is 13.1. The predicted octanol–water partition coefficient (Wildman–Crippen LogP) is 7.14. The van der Waals surface area contributed by atoms with Crippen LogP contribution < -0.4 is 10.2 Å². The molecule has 12 nitrogen and oxygen atoms in total. The van der Waals surface area contributed by atoms with Gasteiger partial charge in [-0.15, -0.1) is 24.8 Å². The van der Waals surface area contributed by atoms with E-state index < -0.39 is 35.4 Å². The Balaban J connectivity index is 0.00000504. The molecular weight excluding hydrogens is 774 g/mol. The number of likely N-dealkylation sites (N-methyl/N-ethyl adjacent to an activating group) is 2. The van der Waals surface area contributed by atoms with Gasteiger partial charge in [-0.05, 0) is 71.5 Å². The van der Waals surface area contributed by atoms with Crippen LogP contribution in [0.5, 0.6) is 0 Å². The Bertz CT molecular complexity index is 1870. The number of benzene rings is 4. The number of Topliss-reactive ketones (excluding diaryl/α,β-unsaturated/α-hetero) is 2. The molecule has 0 fully saturated rings. The smallest absolute Gasteiger partial charge is 0.217 e. The van der Waals surface area contributed by atoms with Crippen molar-refractivity contribution in [2.24, 2.45) is 30.4 Å². The zero-order valence-corrected chi connectivity index (χ0v) is 33.7. The number of halogens is 4. The van der Waals surface area contributed by atoms with Gasteiger partial charge in [0.15, 0.2) is 12.1 Å². The van der Waals surface area contributed by atoms with Crippen molar-refractivity contribution < 1.29 is 28.8 Å². The third kappa shape index (κ3) is 14.0. The van der Waals surface area contributed by atoms with Crippen molar-refractivity contribution in [1.82, 2.24) is 0 Å². The summed E-state index contributed by atoms with van der Waals surface area (Å²) in [6.45, 7) is 0.0739. The van der Waals surface area contributed by atoms with E-state index in [-0.39, 0.29) is 59.3 Å². The lowest BCUT2D eigenvalue weighted by Crippen LogP contribution is -2.47. The minimum atomic E-state index is -1.45. The molecule has 2 atom stereocenters. The molecule has 0 spiro atoms. The lowest BCUT2D eigenvalue weighted by molar-refractivity contribution is -0.862. The Morgan fingerprint density at radius 1 is 0.574 bits per heavy atom. The number of carbonyl (C=O) groups excluding carboxylic acids is 2. The molecular formula is C38H42Cl4N8O4. The van der Waals surface area contributed by atoms with Crippen LogP contribution in [0.1, 0.15) is 0 Å². The second-order valence-electron chi connectivity index (χ2n) is 14.0. The summed E-state index contributed by atoms with van der Waals surface area (Å²) in [5, 5.41) is 43.1. The Hall–Kier alpha value is -4.56. The number of carbonyl (C=O) groups is 2. The fourth-order valence-corrected chi connectivity index (χ4v) is 5.20.